The minimum absolute atomic E-state index is 0.327. The van der Waals surface area contributed by atoms with E-state index in [2.05, 4.69) is 4.98 Å². The molecule has 0 aromatic carbocycles. The summed E-state index contributed by atoms with van der Waals surface area (Å²) in [7, 11) is 0. The molecule has 0 spiro atoms. The second-order valence-electron chi connectivity index (χ2n) is 2.87. The van der Waals surface area contributed by atoms with Gasteiger partial charge in [-0.15, -0.1) is 0 Å². The Morgan fingerprint density at radius 3 is 2.85 bits per heavy atom. The van der Waals surface area contributed by atoms with E-state index in [0.717, 1.165) is 0 Å². The highest BCUT2D eigenvalue weighted by atomic mass is 16.3. The van der Waals surface area contributed by atoms with Crippen molar-refractivity contribution >= 4 is 6.29 Å². The fourth-order valence-electron chi connectivity index (χ4n) is 0.967. The molecule has 0 radical (unpaired) electrons. The minimum Gasteiger partial charge on any atom is -0.391 e. The summed E-state index contributed by atoms with van der Waals surface area (Å²) in [5, 5.41) is 9.18. The van der Waals surface area contributed by atoms with E-state index < -0.39 is 12.1 Å². The Labute approximate surface area is 76.4 Å². The van der Waals surface area contributed by atoms with Crippen molar-refractivity contribution in [3.8, 4) is 0 Å². The predicted octanol–water partition coefficient (Wildman–Crippen LogP) is 0.275. The number of nitrogens with zero attached hydrogens (tertiary/aromatic N) is 1. The van der Waals surface area contributed by atoms with Gasteiger partial charge in [-0.2, -0.15) is 0 Å². The van der Waals surface area contributed by atoms with Crippen molar-refractivity contribution in [3.05, 3.63) is 29.6 Å². The van der Waals surface area contributed by atoms with Gasteiger partial charge in [-0.25, -0.2) is 4.98 Å². The zero-order valence-corrected chi connectivity index (χ0v) is 7.34. The summed E-state index contributed by atoms with van der Waals surface area (Å²) < 4.78 is 0. The van der Waals surface area contributed by atoms with Crippen molar-refractivity contribution in [2.75, 3.05) is 0 Å². The van der Waals surface area contributed by atoms with Gasteiger partial charge >= 0.3 is 0 Å². The third-order valence-corrected chi connectivity index (χ3v) is 1.77. The molecule has 0 aliphatic rings. The summed E-state index contributed by atoms with van der Waals surface area (Å²) in [6.07, 6.45) is -0.0208. The lowest BCUT2D eigenvalue weighted by atomic mass is 10.1. The third kappa shape index (κ3) is 2.34. The van der Waals surface area contributed by atoms with Gasteiger partial charge in [-0.05, 0) is 19.1 Å². The van der Waals surface area contributed by atoms with Crippen LogP contribution in [-0.2, 0) is 0 Å². The van der Waals surface area contributed by atoms with Crippen molar-refractivity contribution in [2.24, 2.45) is 5.73 Å². The SMILES string of the molecule is C[C@H](O)[C@H](N)c1cccc(C=O)n1. The van der Waals surface area contributed by atoms with Crippen LogP contribution >= 0.6 is 0 Å². The molecule has 4 nitrogen and oxygen atoms in total. The number of carbonyl (C=O) groups excluding carboxylic acids is 1. The molecule has 1 aromatic rings. The summed E-state index contributed by atoms with van der Waals surface area (Å²) >= 11 is 0. The quantitative estimate of drug-likeness (QED) is 0.655. The van der Waals surface area contributed by atoms with E-state index >= 15 is 0 Å². The molecule has 1 heterocycles. The zero-order chi connectivity index (χ0) is 9.84. The van der Waals surface area contributed by atoms with Gasteiger partial charge in [0.15, 0.2) is 6.29 Å². The van der Waals surface area contributed by atoms with Crippen LogP contribution in [0.25, 0.3) is 0 Å². The number of aromatic nitrogens is 1. The van der Waals surface area contributed by atoms with E-state index in [-0.39, 0.29) is 0 Å². The van der Waals surface area contributed by atoms with Crippen molar-refractivity contribution < 1.29 is 9.90 Å². The van der Waals surface area contributed by atoms with Crippen LogP contribution in [0.2, 0.25) is 0 Å². The number of hydrogen-bond acceptors (Lipinski definition) is 4. The lowest BCUT2D eigenvalue weighted by molar-refractivity contribution is 0.111. The molecule has 1 rings (SSSR count). The maximum absolute atomic E-state index is 10.4. The molecule has 0 amide bonds. The molecule has 70 valence electrons. The first-order chi connectivity index (χ1) is 6.15. The normalized spacial score (nSPS) is 15.0. The van der Waals surface area contributed by atoms with Gasteiger partial charge in [-0.1, -0.05) is 6.07 Å². The number of aliphatic hydroxyl groups is 1. The van der Waals surface area contributed by atoms with Crippen molar-refractivity contribution in [1.29, 1.82) is 0 Å². The second kappa shape index (κ2) is 4.11. The summed E-state index contributed by atoms with van der Waals surface area (Å²) in [5.74, 6) is 0. The van der Waals surface area contributed by atoms with Crippen molar-refractivity contribution in [3.63, 3.8) is 0 Å². The molecule has 0 bridgehead atoms. The van der Waals surface area contributed by atoms with Crippen LogP contribution in [0.1, 0.15) is 29.1 Å². The van der Waals surface area contributed by atoms with Gasteiger partial charge in [0, 0.05) is 0 Å². The van der Waals surface area contributed by atoms with Crippen LogP contribution < -0.4 is 5.73 Å². The van der Waals surface area contributed by atoms with Gasteiger partial charge in [0.2, 0.25) is 0 Å². The Morgan fingerprint density at radius 1 is 1.62 bits per heavy atom. The molecule has 0 saturated heterocycles. The lowest BCUT2D eigenvalue weighted by Gasteiger charge is -2.13. The van der Waals surface area contributed by atoms with Gasteiger partial charge in [-0.3, -0.25) is 4.79 Å². The topological polar surface area (TPSA) is 76.2 Å². The molecule has 0 saturated carbocycles. The molecule has 0 unspecified atom stereocenters. The summed E-state index contributed by atoms with van der Waals surface area (Å²) in [6, 6.07) is 4.42. The molecule has 4 heteroatoms. The van der Waals surface area contributed by atoms with E-state index in [1.54, 1.807) is 25.1 Å². The predicted molar refractivity (Wildman–Crippen MR) is 48.2 cm³/mol. The fraction of sp³-hybridized carbons (Fsp3) is 0.333. The molecule has 0 fully saturated rings. The number of nitrogens with two attached hydrogens (primary N) is 1. The van der Waals surface area contributed by atoms with Crippen molar-refractivity contribution in [2.45, 2.75) is 19.1 Å². The summed E-state index contributed by atoms with van der Waals surface area (Å²) in [5.41, 5.74) is 6.49. The monoisotopic (exact) mass is 180 g/mol. The van der Waals surface area contributed by atoms with Crippen LogP contribution in [0.5, 0.6) is 0 Å². The number of aldehydes is 1. The minimum atomic E-state index is -0.672. The summed E-state index contributed by atoms with van der Waals surface area (Å²) in [6.45, 7) is 1.58. The van der Waals surface area contributed by atoms with Gasteiger partial charge in [0.25, 0.3) is 0 Å². The van der Waals surface area contributed by atoms with E-state index in [1.807, 2.05) is 0 Å². The Balaban J connectivity index is 2.94. The van der Waals surface area contributed by atoms with Gasteiger partial charge in [0.1, 0.15) is 5.69 Å². The molecular formula is C9H12N2O2. The molecule has 1 aromatic heterocycles. The number of hydrogen-bond donors (Lipinski definition) is 2. The Hall–Kier alpha value is -1.26. The highest BCUT2D eigenvalue weighted by Crippen LogP contribution is 2.11. The van der Waals surface area contributed by atoms with E-state index in [0.29, 0.717) is 17.7 Å². The first kappa shape index (κ1) is 9.83. The number of aliphatic hydroxyl groups excluding tert-OH is 1. The van der Waals surface area contributed by atoms with Crippen LogP contribution in [0.4, 0.5) is 0 Å². The molecule has 2 atom stereocenters. The van der Waals surface area contributed by atoms with Crippen LogP contribution in [0.15, 0.2) is 18.2 Å². The maximum atomic E-state index is 10.4. The first-order valence-corrected chi connectivity index (χ1v) is 4.01. The van der Waals surface area contributed by atoms with Crippen LogP contribution in [0, 0.1) is 0 Å². The second-order valence-corrected chi connectivity index (χ2v) is 2.87. The zero-order valence-electron chi connectivity index (χ0n) is 7.34. The van der Waals surface area contributed by atoms with Crippen LogP contribution in [0.3, 0.4) is 0 Å². The molecule has 3 N–H and O–H groups in total. The van der Waals surface area contributed by atoms with E-state index in [1.165, 1.54) is 0 Å². The standard InChI is InChI=1S/C9H12N2O2/c1-6(13)9(10)8-4-2-3-7(5-12)11-8/h2-6,9,13H,10H2,1H3/t6-,9-/m0/s1. The van der Waals surface area contributed by atoms with Gasteiger partial charge < -0.3 is 10.8 Å². The van der Waals surface area contributed by atoms with E-state index in [4.69, 9.17) is 5.73 Å². The smallest absolute Gasteiger partial charge is 0.168 e. The van der Waals surface area contributed by atoms with Gasteiger partial charge in [0.05, 0.1) is 17.8 Å². The molecule has 0 aliphatic carbocycles. The third-order valence-electron chi connectivity index (χ3n) is 1.77. The van der Waals surface area contributed by atoms with Crippen molar-refractivity contribution in [1.82, 2.24) is 4.98 Å². The molecule has 0 aliphatic heterocycles. The largest absolute Gasteiger partial charge is 0.391 e. The average molecular weight is 180 g/mol. The highest BCUT2D eigenvalue weighted by Gasteiger charge is 2.13. The molecule has 13 heavy (non-hydrogen) atoms. The highest BCUT2D eigenvalue weighted by molar-refractivity contribution is 5.71. The lowest BCUT2D eigenvalue weighted by Crippen LogP contribution is -2.24. The maximum Gasteiger partial charge on any atom is 0.168 e. The molecular weight excluding hydrogens is 168 g/mol. The Bertz CT molecular complexity index is 299. The average Bonchev–Trinajstić information content (AvgIpc) is 2.16. The Morgan fingerprint density at radius 2 is 2.31 bits per heavy atom. The number of pyridine rings is 1. The Kier molecular flexibility index (Phi) is 3.11. The first-order valence-electron chi connectivity index (χ1n) is 4.01. The van der Waals surface area contributed by atoms with Crippen LogP contribution in [-0.4, -0.2) is 22.5 Å². The van der Waals surface area contributed by atoms with E-state index in [9.17, 15) is 9.90 Å². The number of rotatable bonds is 3. The number of carbonyl (C=O) groups is 1. The summed E-state index contributed by atoms with van der Waals surface area (Å²) in [4.78, 5) is 14.3. The fourth-order valence-corrected chi connectivity index (χ4v) is 0.967.